The summed E-state index contributed by atoms with van der Waals surface area (Å²) in [7, 11) is -0.949. The smallest absolute Gasteiger partial charge is 0.173 e. The number of hydrogen-bond acceptors (Lipinski definition) is 4. The summed E-state index contributed by atoms with van der Waals surface area (Å²) in [6, 6.07) is 0. The molecule has 0 unspecified atom stereocenters. The minimum Gasteiger partial charge on any atom is -0.337 e. The van der Waals surface area contributed by atoms with E-state index in [9.17, 15) is 0 Å². The predicted molar refractivity (Wildman–Crippen MR) is 144 cm³/mol. The van der Waals surface area contributed by atoms with Crippen LogP contribution in [-0.4, -0.2) is 24.6 Å². The molecule has 0 saturated heterocycles. The van der Waals surface area contributed by atoms with Gasteiger partial charge in [-0.25, -0.2) is 0 Å². The van der Waals surface area contributed by atoms with Gasteiger partial charge in [-0.2, -0.15) is 10.5 Å². The van der Waals surface area contributed by atoms with Crippen molar-refractivity contribution >= 4 is 7.26 Å². The van der Waals surface area contributed by atoms with Crippen LogP contribution in [0.5, 0.6) is 0 Å². The first-order valence-electron chi connectivity index (χ1n) is 13.3. The van der Waals surface area contributed by atoms with Gasteiger partial charge in [0.15, 0.2) is 12.4 Å². The van der Waals surface area contributed by atoms with Gasteiger partial charge in [0, 0.05) is 0 Å². The number of nitriles is 2. The molecule has 0 radical (unpaired) electrons. The summed E-state index contributed by atoms with van der Waals surface area (Å²) in [4.78, 5) is 0. The predicted octanol–water partition coefficient (Wildman–Crippen LogP) is 7.91. The molecule has 0 rings (SSSR count). The Morgan fingerprint density at radius 1 is 0.452 bits per heavy atom. The molecule has 0 aliphatic carbocycles. The van der Waals surface area contributed by atoms with Crippen molar-refractivity contribution in [3.8, 4) is 12.4 Å². The van der Waals surface area contributed by atoms with Crippen LogP contribution in [0.3, 0.4) is 0 Å². The first-order valence-corrected chi connectivity index (χ1v) is 16.1. The van der Waals surface area contributed by atoms with E-state index in [1.807, 2.05) is 0 Å². The van der Waals surface area contributed by atoms with E-state index in [1.165, 1.54) is 109 Å². The van der Waals surface area contributed by atoms with E-state index in [-0.39, 0.29) is 0 Å². The monoisotopic (exact) mass is 456 g/mol. The van der Waals surface area contributed by atoms with Crippen molar-refractivity contribution in [2.75, 3.05) is 24.6 Å². The number of nitrogens with zero attached hydrogens (tertiary/aromatic N) is 2. The van der Waals surface area contributed by atoms with Gasteiger partial charge >= 0.3 is 162 Å². The van der Waals surface area contributed by atoms with Crippen LogP contribution in [0.1, 0.15) is 130 Å². The molecule has 4 nitrogen and oxygen atoms in total. The van der Waals surface area contributed by atoms with Crippen molar-refractivity contribution < 1.29 is 0 Å². The summed E-state index contributed by atoms with van der Waals surface area (Å²) in [6.07, 6.45) is 32.7. The SMILES string of the molecule is CCCCCCCCCCCC[PH](CCCC)(CCCC)CCCC.N#CN.N#CN. The Hall–Kier alpha value is -0.990. The summed E-state index contributed by atoms with van der Waals surface area (Å²) < 4.78 is 0. The molecule has 5 heteroatoms. The third kappa shape index (κ3) is 29.0. The van der Waals surface area contributed by atoms with E-state index in [4.69, 9.17) is 10.5 Å². The van der Waals surface area contributed by atoms with Crippen LogP contribution in [-0.2, 0) is 0 Å². The summed E-state index contributed by atoms with van der Waals surface area (Å²) >= 11 is 0. The molecular formula is C26H57N4P. The van der Waals surface area contributed by atoms with Crippen molar-refractivity contribution in [2.24, 2.45) is 11.5 Å². The number of rotatable bonds is 20. The van der Waals surface area contributed by atoms with Gasteiger partial charge in [-0.15, -0.1) is 0 Å². The molecule has 0 heterocycles. The summed E-state index contributed by atoms with van der Waals surface area (Å²) in [5, 5.41) is 14.2. The molecule has 0 amide bonds. The number of unbranched alkanes of at least 4 members (excludes halogenated alkanes) is 12. The Kier molecular flexibility index (Phi) is 34.8. The zero-order valence-corrected chi connectivity index (χ0v) is 22.7. The minimum absolute atomic E-state index is 0.949. The molecule has 0 bridgehead atoms. The maximum Gasteiger partial charge on any atom is 0.173 e. The van der Waals surface area contributed by atoms with Crippen molar-refractivity contribution in [3.05, 3.63) is 0 Å². The van der Waals surface area contributed by atoms with E-state index in [2.05, 4.69) is 39.2 Å². The Morgan fingerprint density at radius 2 is 0.677 bits per heavy atom. The van der Waals surface area contributed by atoms with Gasteiger partial charge in [0.1, 0.15) is 0 Å². The third-order valence-corrected chi connectivity index (χ3v) is 11.9. The minimum atomic E-state index is -0.949. The first-order chi connectivity index (χ1) is 15.1. The zero-order valence-electron chi connectivity index (χ0n) is 21.7. The van der Waals surface area contributed by atoms with E-state index in [0.717, 1.165) is 0 Å². The van der Waals surface area contributed by atoms with Crippen LogP contribution in [0.25, 0.3) is 0 Å². The molecule has 4 N–H and O–H groups in total. The van der Waals surface area contributed by atoms with Crippen LogP contribution in [0, 0.1) is 22.9 Å². The molecule has 0 aliphatic rings. The van der Waals surface area contributed by atoms with Gasteiger partial charge in [-0.3, -0.25) is 0 Å². The molecule has 0 spiro atoms. The molecular weight excluding hydrogens is 399 g/mol. The molecule has 31 heavy (non-hydrogen) atoms. The standard InChI is InChI=1S/C24H53P.2CH2N2/c1-5-9-13-14-15-16-17-18-19-20-24-25(21-10-6-2,22-11-7-3)23-12-8-4;2*2-1-3/h25H,5-24H2,1-4H3;2*2H2. The summed E-state index contributed by atoms with van der Waals surface area (Å²) in [5.74, 6) is 0. The Bertz CT molecular complexity index is 367. The van der Waals surface area contributed by atoms with E-state index in [0.29, 0.717) is 0 Å². The van der Waals surface area contributed by atoms with Gasteiger partial charge in [-0.1, -0.05) is 0 Å². The van der Waals surface area contributed by atoms with Crippen molar-refractivity contribution in [3.63, 3.8) is 0 Å². The second kappa shape index (κ2) is 31.2. The van der Waals surface area contributed by atoms with Crippen molar-refractivity contribution in [1.29, 1.82) is 10.5 Å². The van der Waals surface area contributed by atoms with Crippen LogP contribution in [0.2, 0.25) is 0 Å². The molecule has 0 atom stereocenters. The van der Waals surface area contributed by atoms with E-state index >= 15 is 0 Å². The fourth-order valence-electron chi connectivity index (χ4n) is 4.39. The van der Waals surface area contributed by atoms with Gasteiger partial charge in [0.2, 0.25) is 0 Å². The molecule has 0 saturated carbocycles. The van der Waals surface area contributed by atoms with Crippen LogP contribution < -0.4 is 11.5 Å². The van der Waals surface area contributed by atoms with E-state index < -0.39 is 7.26 Å². The maximum atomic E-state index is 7.10. The van der Waals surface area contributed by atoms with Gasteiger partial charge in [0.05, 0.1) is 0 Å². The van der Waals surface area contributed by atoms with Gasteiger partial charge < -0.3 is 11.5 Å². The number of hydrogen-bond donors (Lipinski definition) is 2. The summed E-state index contributed by atoms with van der Waals surface area (Å²) in [5.41, 5.74) is 8.31. The van der Waals surface area contributed by atoms with Gasteiger partial charge in [0.25, 0.3) is 0 Å². The fourth-order valence-corrected chi connectivity index (χ4v) is 10.2. The molecule has 0 aromatic rings. The molecule has 0 aliphatic heterocycles. The second-order valence-electron chi connectivity index (χ2n) is 9.00. The van der Waals surface area contributed by atoms with Crippen molar-refractivity contribution in [2.45, 2.75) is 130 Å². The van der Waals surface area contributed by atoms with Crippen LogP contribution in [0.4, 0.5) is 0 Å². The molecule has 0 fully saturated rings. The zero-order chi connectivity index (χ0) is 24.1. The second-order valence-corrected chi connectivity index (χ2v) is 14.0. The molecule has 186 valence electrons. The Morgan fingerprint density at radius 3 is 0.968 bits per heavy atom. The Labute approximate surface area is 196 Å². The average Bonchev–Trinajstić information content (AvgIpc) is 2.77. The topological polar surface area (TPSA) is 99.6 Å². The van der Waals surface area contributed by atoms with Gasteiger partial charge in [-0.05, 0) is 0 Å². The average molecular weight is 457 g/mol. The quantitative estimate of drug-likeness (QED) is 0.0841. The number of nitrogens with two attached hydrogens (primary N) is 2. The summed E-state index contributed by atoms with van der Waals surface area (Å²) in [6.45, 7) is 9.48. The third-order valence-electron chi connectivity index (χ3n) is 6.24. The van der Waals surface area contributed by atoms with Crippen molar-refractivity contribution in [1.82, 2.24) is 0 Å². The van der Waals surface area contributed by atoms with Crippen LogP contribution in [0.15, 0.2) is 0 Å². The fraction of sp³-hybridized carbons (Fsp3) is 0.923. The normalized spacial score (nSPS) is 10.6. The first kappa shape index (κ1) is 34.6. The molecule has 0 aromatic carbocycles. The molecule has 0 aromatic heterocycles. The largest absolute Gasteiger partial charge is 0.337 e. The van der Waals surface area contributed by atoms with Crippen LogP contribution >= 0.6 is 7.26 Å². The van der Waals surface area contributed by atoms with E-state index in [1.54, 1.807) is 31.1 Å². The maximum absolute atomic E-state index is 7.10. The Balaban J connectivity index is -0.00000116.